The van der Waals surface area contributed by atoms with E-state index in [1.807, 2.05) is 11.5 Å². The van der Waals surface area contributed by atoms with Gasteiger partial charge in [0.05, 0.1) is 11.5 Å². The lowest BCUT2D eigenvalue weighted by Crippen LogP contribution is -2.15. The summed E-state index contributed by atoms with van der Waals surface area (Å²) in [6, 6.07) is 12.8. The molecule has 1 heterocycles. The van der Waals surface area contributed by atoms with E-state index in [1.165, 1.54) is 35.0 Å². The Hall–Kier alpha value is -2.58. The molecule has 0 aliphatic heterocycles. The molecule has 0 atom stereocenters. The summed E-state index contributed by atoms with van der Waals surface area (Å²) >= 11 is 3.07. The van der Waals surface area contributed by atoms with Gasteiger partial charge in [-0.3, -0.25) is 4.79 Å². The van der Waals surface area contributed by atoms with Gasteiger partial charge >= 0.3 is 0 Å². The number of halogens is 1. The molecule has 0 radical (unpaired) electrons. The van der Waals surface area contributed by atoms with Crippen molar-refractivity contribution < 1.29 is 9.18 Å². The number of benzene rings is 2. The highest BCUT2D eigenvalue weighted by molar-refractivity contribution is 7.99. The van der Waals surface area contributed by atoms with Crippen molar-refractivity contribution >= 4 is 35.1 Å². The SMILES string of the molecule is C=CCn1c(CSCc2ccc(C)cc2)nnc1SCC(=O)Nc1cc(F)ccc1C. The van der Waals surface area contributed by atoms with E-state index in [0.29, 0.717) is 23.1 Å². The van der Waals surface area contributed by atoms with Crippen molar-refractivity contribution in [2.45, 2.75) is 37.1 Å². The van der Waals surface area contributed by atoms with Gasteiger partial charge in [0, 0.05) is 18.0 Å². The van der Waals surface area contributed by atoms with Gasteiger partial charge in [0.15, 0.2) is 5.16 Å². The second kappa shape index (κ2) is 11.2. The molecule has 3 rings (SSSR count). The van der Waals surface area contributed by atoms with Crippen LogP contribution in [0.3, 0.4) is 0 Å². The number of carbonyl (C=O) groups excluding carboxylic acids is 1. The van der Waals surface area contributed by atoms with Crippen molar-refractivity contribution in [1.29, 1.82) is 0 Å². The molecule has 0 saturated carbocycles. The minimum Gasteiger partial charge on any atom is -0.325 e. The van der Waals surface area contributed by atoms with Crippen molar-refractivity contribution in [3.63, 3.8) is 0 Å². The van der Waals surface area contributed by atoms with Gasteiger partial charge in [-0.15, -0.1) is 28.5 Å². The van der Waals surface area contributed by atoms with E-state index in [-0.39, 0.29) is 17.5 Å². The van der Waals surface area contributed by atoms with Crippen molar-refractivity contribution in [2.24, 2.45) is 0 Å². The third kappa shape index (κ3) is 6.70. The zero-order valence-electron chi connectivity index (χ0n) is 17.6. The number of amides is 1. The maximum atomic E-state index is 13.4. The van der Waals surface area contributed by atoms with Crippen LogP contribution in [0.1, 0.15) is 22.5 Å². The smallest absolute Gasteiger partial charge is 0.234 e. The fraction of sp³-hybridized carbons (Fsp3) is 0.261. The zero-order valence-corrected chi connectivity index (χ0v) is 19.2. The predicted octanol–water partition coefficient (Wildman–Crippen LogP) is 5.38. The van der Waals surface area contributed by atoms with Crippen LogP contribution < -0.4 is 5.32 Å². The summed E-state index contributed by atoms with van der Waals surface area (Å²) < 4.78 is 15.4. The van der Waals surface area contributed by atoms with E-state index in [0.717, 1.165) is 17.1 Å². The van der Waals surface area contributed by atoms with E-state index in [1.54, 1.807) is 23.9 Å². The lowest BCUT2D eigenvalue weighted by atomic mass is 10.2. The number of hydrogen-bond donors (Lipinski definition) is 1. The molecule has 0 unspecified atom stereocenters. The van der Waals surface area contributed by atoms with Crippen molar-refractivity contribution in [3.8, 4) is 0 Å². The molecule has 1 amide bonds. The number of anilines is 1. The van der Waals surface area contributed by atoms with Gasteiger partial charge in [0.1, 0.15) is 11.6 Å². The Balaban J connectivity index is 1.57. The summed E-state index contributed by atoms with van der Waals surface area (Å²) in [7, 11) is 0. The van der Waals surface area contributed by atoms with Crippen LogP contribution in [-0.4, -0.2) is 26.4 Å². The van der Waals surface area contributed by atoms with E-state index in [2.05, 4.69) is 53.3 Å². The highest BCUT2D eigenvalue weighted by Gasteiger charge is 2.14. The Bertz CT molecular complexity index is 1050. The average molecular weight is 457 g/mol. The van der Waals surface area contributed by atoms with Gasteiger partial charge in [0.25, 0.3) is 0 Å². The van der Waals surface area contributed by atoms with Crippen LogP contribution in [-0.2, 0) is 22.8 Å². The third-order valence-electron chi connectivity index (χ3n) is 4.53. The van der Waals surface area contributed by atoms with Crippen molar-refractivity contribution in [1.82, 2.24) is 14.8 Å². The summed E-state index contributed by atoms with van der Waals surface area (Å²) in [6.07, 6.45) is 1.79. The van der Waals surface area contributed by atoms with Gasteiger partial charge in [0.2, 0.25) is 5.91 Å². The van der Waals surface area contributed by atoms with E-state index < -0.39 is 0 Å². The second-order valence-electron chi connectivity index (χ2n) is 7.07. The fourth-order valence-corrected chi connectivity index (χ4v) is 4.53. The average Bonchev–Trinajstić information content (AvgIpc) is 3.12. The molecule has 0 saturated heterocycles. The first-order valence-corrected chi connectivity index (χ1v) is 12.0. The van der Waals surface area contributed by atoms with Crippen LogP contribution in [0, 0.1) is 19.7 Å². The maximum Gasteiger partial charge on any atom is 0.234 e. The molecule has 0 bridgehead atoms. The Morgan fingerprint density at radius 3 is 2.68 bits per heavy atom. The van der Waals surface area contributed by atoms with E-state index in [4.69, 9.17) is 0 Å². The molecule has 0 aliphatic rings. The number of hydrogen-bond acceptors (Lipinski definition) is 5. The largest absolute Gasteiger partial charge is 0.325 e. The zero-order chi connectivity index (χ0) is 22.2. The van der Waals surface area contributed by atoms with Crippen molar-refractivity contribution in [3.05, 3.63) is 83.5 Å². The number of aromatic nitrogens is 3. The summed E-state index contributed by atoms with van der Waals surface area (Å²) in [5.74, 6) is 2.00. The minimum atomic E-state index is -0.382. The molecule has 162 valence electrons. The Labute approximate surface area is 190 Å². The van der Waals surface area contributed by atoms with Gasteiger partial charge in [-0.05, 0) is 37.1 Å². The number of carbonyl (C=O) groups is 1. The van der Waals surface area contributed by atoms with Crippen LogP contribution in [0.15, 0.2) is 60.3 Å². The molecule has 0 fully saturated rings. The molecule has 8 heteroatoms. The van der Waals surface area contributed by atoms with Gasteiger partial charge < -0.3 is 9.88 Å². The third-order valence-corrected chi connectivity index (χ3v) is 6.50. The Morgan fingerprint density at radius 1 is 1.16 bits per heavy atom. The van der Waals surface area contributed by atoms with Crippen LogP contribution in [0.4, 0.5) is 10.1 Å². The van der Waals surface area contributed by atoms with Gasteiger partial charge in [-0.2, -0.15) is 0 Å². The number of nitrogens with zero attached hydrogens (tertiary/aromatic N) is 3. The molecule has 1 aromatic heterocycles. The number of rotatable bonds is 10. The quantitative estimate of drug-likeness (QED) is 0.328. The predicted molar refractivity (Wildman–Crippen MR) is 127 cm³/mol. The molecule has 1 N–H and O–H groups in total. The topological polar surface area (TPSA) is 59.8 Å². The van der Waals surface area contributed by atoms with E-state index in [9.17, 15) is 9.18 Å². The molecule has 31 heavy (non-hydrogen) atoms. The van der Waals surface area contributed by atoms with Crippen LogP contribution in [0.25, 0.3) is 0 Å². The highest BCUT2D eigenvalue weighted by Crippen LogP contribution is 2.23. The number of nitrogens with one attached hydrogen (secondary N) is 1. The normalized spacial score (nSPS) is 10.8. The van der Waals surface area contributed by atoms with Gasteiger partial charge in [-0.25, -0.2) is 4.39 Å². The maximum absolute atomic E-state index is 13.4. The molecular formula is C23H25FN4OS2. The highest BCUT2D eigenvalue weighted by atomic mass is 32.2. The van der Waals surface area contributed by atoms with Crippen LogP contribution >= 0.6 is 23.5 Å². The molecule has 3 aromatic rings. The first-order valence-electron chi connectivity index (χ1n) is 9.81. The second-order valence-corrected chi connectivity index (χ2v) is 9.00. The first-order chi connectivity index (χ1) is 15.0. The lowest BCUT2D eigenvalue weighted by Gasteiger charge is -2.09. The molecule has 5 nitrogen and oxygen atoms in total. The Kier molecular flexibility index (Phi) is 8.31. The number of allylic oxidation sites excluding steroid dienone is 1. The standard InChI is InChI=1S/C23H25FN4OS2/c1-4-11-28-21(14-30-13-18-8-5-16(2)6-9-18)26-27-23(28)31-15-22(29)25-20-12-19(24)10-7-17(20)3/h4-10,12H,1,11,13-15H2,2-3H3,(H,25,29). The molecular weight excluding hydrogens is 431 g/mol. The summed E-state index contributed by atoms with van der Waals surface area (Å²) in [6.45, 7) is 8.29. The molecule has 0 aliphatic carbocycles. The van der Waals surface area contributed by atoms with E-state index >= 15 is 0 Å². The van der Waals surface area contributed by atoms with Crippen LogP contribution in [0.2, 0.25) is 0 Å². The van der Waals surface area contributed by atoms with Crippen molar-refractivity contribution in [2.75, 3.05) is 11.1 Å². The fourth-order valence-electron chi connectivity index (χ4n) is 2.83. The number of thioether (sulfide) groups is 2. The van der Waals surface area contributed by atoms with Crippen LogP contribution in [0.5, 0.6) is 0 Å². The molecule has 0 spiro atoms. The monoisotopic (exact) mass is 456 g/mol. The molecule has 2 aromatic carbocycles. The summed E-state index contributed by atoms with van der Waals surface area (Å²) in [5.41, 5.74) is 3.80. The summed E-state index contributed by atoms with van der Waals surface area (Å²) in [4.78, 5) is 12.3. The number of aryl methyl sites for hydroxylation is 2. The lowest BCUT2D eigenvalue weighted by molar-refractivity contribution is -0.113. The Morgan fingerprint density at radius 2 is 1.94 bits per heavy atom. The first kappa shape index (κ1) is 23.1. The van der Waals surface area contributed by atoms with Gasteiger partial charge in [-0.1, -0.05) is 53.7 Å². The summed E-state index contributed by atoms with van der Waals surface area (Å²) in [5, 5.41) is 12.0. The minimum absolute atomic E-state index is 0.155.